The van der Waals surface area contributed by atoms with Crippen LogP contribution in [0.25, 0.3) is 0 Å². The van der Waals surface area contributed by atoms with Crippen LogP contribution in [0.15, 0.2) is 37.2 Å². The van der Waals surface area contributed by atoms with Crippen molar-refractivity contribution >= 4 is 0 Å². The molecule has 0 aliphatic rings. The smallest absolute Gasteiger partial charge is 0.0638 e. The molecule has 0 amide bonds. The second-order valence-electron chi connectivity index (χ2n) is 5.50. The summed E-state index contributed by atoms with van der Waals surface area (Å²) in [6.07, 6.45) is 6.74. The van der Waals surface area contributed by atoms with Gasteiger partial charge in [-0.1, -0.05) is 12.1 Å². The first-order valence-electron chi connectivity index (χ1n) is 7.38. The molecule has 1 atom stereocenters. The molecule has 0 bridgehead atoms. The lowest BCUT2D eigenvalue weighted by Crippen LogP contribution is -2.28. The highest BCUT2D eigenvalue weighted by molar-refractivity contribution is 5.19. The molecule has 4 nitrogen and oxygen atoms in total. The molecular weight excluding hydrogens is 260 g/mol. The van der Waals surface area contributed by atoms with E-state index >= 15 is 0 Å². The average Bonchev–Trinajstić information content (AvgIpc) is 2.80. The topological polar surface area (TPSA) is 42.7 Å². The Morgan fingerprint density at radius 3 is 2.95 bits per heavy atom. The number of nitrogens with one attached hydrogen (secondary N) is 1. The predicted molar refractivity (Wildman–Crippen MR) is 86.1 cm³/mol. The van der Waals surface area contributed by atoms with Crippen LogP contribution in [0.3, 0.4) is 0 Å². The van der Waals surface area contributed by atoms with Gasteiger partial charge in [-0.25, -0.2) is 0 Å². The number of nitrogens with zero attached hydrogens (tertiary/aromatic N) is 3. The quantitative estimate of drug-likeness (QED) is 0.795. The maximum atomic E-state index is 4.47. The molecule has 2 heterocycles. The second kappa shape index (κ2) is 7.18. The van der Waals surface area contributed by atoms with Crippen molar-refractivity contribution in [3.05, 3.63) is 59.7 Å². The highest BCUT2D eigenvalue weighted by Crippen LogP contribution is 2.09. The number of hydrogen-bond acceptors (Lipinski definition) is 3. The maximum Gasteiger partial charge on any atom is 0.0638 e. The van der Waals surface area contributed by atoms with Gasteiger partial charge in [-0.2, -0.15) is 5.10 Å². The van der Waals surface area contributed by atoms with E-state index in [0.717, 1.165) is 30.9 Å². The van der Waals surface area contributed by atoms with Gasteiger partial charge in [0.15, 0.2) is 0 Å². The van der Waals surface area contributed by atoms with Crippen LogP contribution in [-0.2, 0) is 19.5 Å². The Morgan fingerprint density at radius 2 is 2.24 bits per heavy atom. The highest BCUT2D eigenvalue weighted by atomic mass is 15.3. The van der Waals surface area contributed by atoms with Crippen molar-refractivity contribution in [1.82, 2.24) is 20.1 Å². The molecule has 21 heavy (non-hydrogen) atoms. The lowest BCUT2D eigenvalue weighted by atomic mass is 10.1. The second-order valence-corrected chi connectivity index (χ2v) is 5.50. The van der Waals surface area contributed by atoms with E-state index < -0.39 is 0 Å². The summed E-state index contributed by atoms with van der Waals surface area (Å²) in [6, 6.07) is 4.47. The molecule has 0 aromatic carbocycles. The standard InChI is InChI=1S/C17H24N4/c1-5-9-21-12-16(15(4)20-21)11-19-14(3)10-17-13(2)7-6-8-18-17/h5-8,12,14,19H,1,9-11H2,2-4H3. The normalized spacial score (nSPS) is 12.3. The molecule has 0 saturated carbocycles. The van der Waals surface area contributed by atoms with Gasteiger partial charge in [0.1, 0.15) is 0 Å². The Labute approximate surface area is 126 Å². The van der Waals surface area contributed by atoms with E-state index in [-0.39, 0.29) is 0 Å². The van der Waals surface area contributed by atoms with Crippen molar-refractivity contribution in [2.45, 2.75) is 46.3 Å². The van der Waals surface area contributed by atoms with Gasteiger partial charge in [0.2, 0.25) is 0 Å². The van der Waals surface area contributed by atoms with Crippen molar-refractivity contribution in [2.24, 2.45) is 0 Å². The van der Waals surface area contributed by atoms with Crippen molar-refractivity contribution in [3.63, 3.8) is 0 Å². The monoisotopic (exact) mass is 284 g/mol. The van der Waals surface area contributed by atoms with Crippen LogP contribution in [0, 0.1) is 13.8 Å². The minimum Gasteiger partial charge on any atom is -0.310 e. The van der Waals surface area contributed by atoms with Gasteiger partial charge in [0.25, 0.3) is 0 Å². The fourth-order valence-electron chi connectivity index (χ4n) is 2.34. The number of rotatable bonds is 7. The fourth-order valence-corrected chi connectivity index (χ4v) is 2.34. The van der Waals surface area contributed by atoms with Gasteiger partial charge in [0, 0.05) is 42.7 Å². The van der Waals surface area contributed by atoms with Gasteiger partial charge in [0.05, 0.1) is 12.2 Å². The molecular formula is C17H24N4. The summed E-state index contributed by atoms with van der Waals surface area (Å²) in [5, 5.41) is 8.02. The van der Waals surface area contributed by atoms with Crippen LogP contribution in [0.4, 0.5) is 0 Å². The molecule has 1 N–H and O–H groups in total. The van der Waals surface area contributed by atoms with Gasteiger partial charge in [-0.15, -0.1) is 6.58 Å². The lowest BCUT2D eigenvalue weighted by molar-refractivity contribution is 0.538. The summed E-state index contributed by atoms with van der Waals surface area (Å²) in [5.74, 6) is 0. The number of hydrogen-bond donors (Lipinski definition) is 1. The van der Waals surface area contributed by atoms with Crippen LogP contribution in [-0.4, -0.2) is 20.8 Å². The third-order valence-electron chi connectivity index (χ3n) is 3.62. The van der Waals surface area contributed by atoms with Crippen LogP contribution in [0.1, 0.15) is 29.4 Å². The molecule has 2 rings (SSSR count). The predicted octanol–water partition coefficient (Wildman–Crippen LogP) is 2.80. The Hall–Kier alpha value is -1.94. The van der Waals surface area contributed by atoms with Crippen LogP contribution in [0.2, 0.25) is 0 Å². The van der Waals surface area contributed by atoms with E-state index in [1.165, 1.54) is 11.1 Å². The fraction of sp³-hybridized carbons (Fsp3) is 0.412. The van der Waals surface area contributed by atoms with Gasteiger partial charge < -0.3 is 5.32 Å². The molecule has 0 radical (unpaired) electrons. The molecule has 0 saturated heterocycles. The van der Waals surface area contributed by atoms with Gasteiger partial charge in [-0.05, 0) is 32.4 Å². The minimum absolute atomic E-state index is 0.376. The molecule has 0 aliphatic carbocycles. The van der Waals surface area contributed by atoms with Crippen LogP contribution >= 0.6 is 0 Å². The number of aryl methyl sites for hydroxylation is 2. The summed E-state index contributed by atoms with van der Waals surface area (Å²) >= 11 is 0. The minimum atomic E-state index is 0.376. The molecule has 2 aromatic heterocycles. The molecule has 0 aliphatic heterocycles. The summed E-state index contributed by atoms with van der Waals surface area (Å²) in [4.78, 5) is 4.45. The zero-order valence-electron chi connectivity index (χ0n) is 13.1. The Bertz CT molecular complexity index is 601. The van der Waals surface area contributed by atoms with Crippen molar-refractivity contribution in [2.75, 3.05) is 0 Å². The first kappa shape index (κ1) is 15.4. The summed E-state index contributed by atoms with van der Waals surface area (Å²) in [6.45, 7) is 11.7. The Kier molecular flexibility index (Phi) is 5.28. The van der Waals surface area contributed by atoms with E-state index in [0.29, 0.717) is 6.04 Å². The largest absolute Gasteiger partial charge is 0.310 e. The Balaban J connectivity index is 1.90. The van der Waals surface area contributed by atoms with Crippen molar-refractivity contribution in [3.8, 4) is 0 Å². The number of allylic oxidation sites excluding steroid dienone is 1. The van der Waals surface area contributed by atoms with E-state index in [9.17, 15) is 0 Å². The number of aromatic nitrogens is 3. The van der Waals surface area contributed by atoms with Gasteiger partial charge >= 0.3 is 0 Å². The number of pyridine rings is 1. The third-order valence-corrected chi connectivity index (χ3v) is 3.62. The van der Waals surface area contributed by atoms with Crippen LogP contribution in [0.5, 0.6) is 0 Å². The molecule has 4 heteroatoms. The first-order chi connectivity index (χ1) is 10.1. The van der Waals surface area contributed by atoms with E-state index in [2.05, 4.69) is 48.1 Å². The Morgan fingerprint density at radius 1 is 1.43 bits per heavy atom. The van der Waals surface area contributed by atoms with Crippen molar-refractivity contribution in [1.29, 1.82) is 0 Å². The molecule has 0 spiro atoms. The maximum absolute atomic E-state index is 4.47. The SMILES string of the molecule is C=CCn1cc(CNC(C)Cc2ncccc2C)c(C)n1. The lowest BCUT2D eigenvalue weighted by Gasteiger charge is -2.14. The van der Waals surface area contributed by atoms with Crippen LogP contribution < -0.4 is 5.32 Å². The third kappa shape index (κ3) is 4.26. The molecule has 2 aromatic rings. The van der Waals surface area contributed by atoms with E-state index in [1.54, 1.807) is 0 Å². The van der Waals surface area contributed by atoms with E-state index in [1.807, 2.05) is 29.9 Å². The zero-order valence-corrected chi connectivity index (χ0v) is 13.1. The molecule has 1 unspecified atom stereocenters. The van der Waals surface area contributed by atoms with Gasteiger partial charge in [-0.3, -0.25) is 9.67 Å². The molecule has 112 valence electrons. The summed E-state index contributed by atoms with van der Waals surface area (Å²) in [7, 11) is 0. The molecule has 0 fully saturated rings. The first-order valence-corrected chi connectivity index (χ1v) is 7.38. The highest BCUT2D eigenvalue weighted by Gasteiger charge is 2.09. The average molecular weight is 284 g/mol. The van der Waals surface area contributed by atoms with E-state index in [4.69, 9.17) is 0 Å². The summed E-state index contributed by atoms with van der Waals surface area (Å²) in [5.41, 5.74) is 4.73. The summed E-state index contributed by atoms with van der Waals surface area (Å²) < 4.78 is 1.92. The zero-order chi connectivity index (χ0) is 15.2. The van der Waals surface area contributed by atoms with Crippen molar-refractivity contribution < 1.29 is 0 Å².